The number of fused-ring (bicyclic) bond motifs is 1. The average molecular weight is 393 g/mol. The fourth-order valence-corrected chi connectivity index (χ4v) is 3.51. The lowest BCUT2D eigenvalue weighted by Gasteiger charge is -2.07. The Balaban J connectivity index is 1.73. The minimum atomic E-state index is -0.427. The summed E-state index contributed by atoms with van der Waals surface area (Å²) in [6.45, 7) is 2.16. The van der Waals surface area contributed by atoms with Crippen LogP contribution in [0.2, 0.25) is 0 Å². The number of aliphatic imine (C=N–C) groups is 1. The average Bonchev–Trinajstić information content (AvgIpc) is 3.34. The molecule has 0 radical (unpaired) electrons. The SMILES string of the molecule is CC(=O)CSc1n[nH]c(-c2cc(-c3ccc4c(c3)C=NC4)cc([N+](=O)[O-])c2)n1. The van der Waals surface area contributed by atoms with Crippen molar-refractivity contribution in [1.82, 2.24) is 15.2 Å². The van der Waals surface area contributed by atoms with Gasteiger partial charge >= 0.3 is 0 Å². The largest absolute Gasteiger partial charge is 0.299 e. The Morgan fingerprint density at radius 1 is 1.21 bits per heavy atom. The number of nitro benzene ring substituents is 1. The van der Waals surface area contributed by atoms with Crippen LogP contribution < -0.4 is 0 Å². The van der Waals surface area contributed by atoms with Crippen LogP contribution in [0.3, 0.4) is 0 Å². The van der Waals surface area contributed by atoms with Gasteiger partial charge in [0.2, 0.25) is 5.16 Å². The van der Waals surface area contributed by atoms with Crippen LogP contribution in [0.4, 0.5) is 5.69 Å². The third-order valence-corrected chi connectivity index (χ3v) is 5.23. The van der Waals surface area contributed by atoms with Gasteiger partial charge in [0, 0.05) is 23.9 Å². The summed E-state index contributed by atoms with van der Waals surface area (Å²) in [6, 6.07) is 10.7. The summed E-state index contributed by atoms with van der Waals surface area (Å²) in [7, 11) is 0. The zero-order valence-electron chi connectivity index (χ0n) is 14.9. The Morgan fingerprint density at radius 3 is 2.82 bits per heavy atom. The van der Waals surface area contributed by atoms with E-state index in [2.05, 4.69) is 20.2 Å². The van der Waals surface area contributed by atoms with E-state index < -0.39 is 4.92 Å². The van der Waals surface area contributed by atoms with E-state index in [-0.39, 0.29) is 17.2 Å². The number of nitrogens with zero attached hydrogens (tertiary/aromatic N) is 4. The number of carbonyl (C=O) groups is 1. The van der Waals surface area contributed by atoms with Crippen molar-refractivity contribution < 1.29 is 9.72 Å². The van der Waals surface area contributed by atoms with Crippen molar-refractivity contribution in [3.8, 4) is 22.5 Å². The van der Waals surface area contributed by atoms with Crippen LogP contribution in [-0.4, -0.2) is 37.9 Å². The number of thioether (sulfide) groups is 1. The van der Waals surface area contributed by atoms with Crippen molar-refractivity contribution in [1.29, 1.82) is 0 Å². The van der Waals surface area contributed by atoms with Crippen LogP contribution >= 0.6 is 11.8 Å². The summed E-state index contributed by atoms with van der Waals surface area (Å²) in [4.78, 5) is 30.7. The molecule has 1 aromatic heterocycles. The predicted molar refractivity (Wildman–Crippen MR) is 107 cm³/mol. The molecule has 0 saturated heterocycles. The zero-order valence-corrected chi connectivity index (χ0v) is 15.7. The maximum Gasteiger partial charge on any atom is 0.270 e. The van der Waals surface area contributed by atoms with Crippen LogP contribution in [0.15, 0.2) is 46.5 Å². The van der Waals surface area contributed by atoms with Crippen molar-refractivity contribution in [2.75, 3.05) is 5.75 Å². The molecule has 0 spiro atoms. The highest BCUT2D eigenvalue weighted by Gasteiger charge is 2.16. The van der Waals surface area contributed by atoms with Gasteiger partial charge in [0.15, 0.2) is 5.82 Å². The highest BCUT2D eigenvalue weighted by atomic mass is 32.2. The van der Waals surface area contributed by atoms with Gasteiger partial charge in [-0.2, -0.15) is 0 Å². The first-order valence-corrected chi connectivity index (χ1v) is 9.46. The number of Topliss-reactive ketones (excluding diaryl/α,β-unsaturated/α-hetero) is 1. The number of carbonyl (C=O) groups excluding carboxylic acids is 1. The maximum absolute atomic E-state index is 11.4. The quantitative estimate of drug-likeness (QED) is 0.388. The van der Waals surface area contributed by atoms with Crippen LogP contribution in [-0.2, 0) is 11.3 Å². The van der Waals surface area contributed by atoms with E-state index in [9.17, 15) is 14.9 Å². The van der Waals surface area contributed by atoms with E-state index in [4.69, 9.17) is 0 Å². The molecule has 2 aromatic carbocycles. The molecule has 28 heavy (non-hydrogen) atoms. The first kappa shape index (κ1) is 18.1. The minimum Gasteiger partial charge on any atom is -0.299 e. The van der Waals surface area contributed by atoms with Crippen molar-refractivity contribution in [3.05, 3.63) is 57.6 Å². The van der Waals surface area contributed by atoms with Crippen LogP contribution in [0.5, 0.6) is 0 Å². The van der Waals surface area contributed by atoms with Gasteiger partial charge in [-0.05, 0) is 41.3 Å². The second kappa shape index (κ2) is 7.35. The predicted octanol–water partition coefficient (Wildman–Crippen LogP) is 3.66. The molecule has 0 saturated carbocycles. The van der Waals surface area contributed by atoms with Crippen molar-refractivity contribution in [3.63, 3.8) is 0 Å². The zero-order chi connectivity index (χ0) is 19.7. The Morgan fingerprint density at radius 2 is 2.04 bits per heavy atom. The molecule has 0 atom stereocenters. The number of hydrogen-bond donors (Lipinski definition) is 1. The van der Waals surface area contributed by atoms with Crippen molar-refractivity contribution >= 4 is 29.4 Å². The summed E-state index contributed by atoms with van der Waals surface area (Å²) in [5.74, 6) is 0.710. The number of benzene rings is 2. The fraction of sp³-hybridized carbons (Fsp3) is 0.158. The third kappa shape index (κ3) is 3.70. The lowest BCUT2D eigenvalue weighted by atomic mass is 9.98. The topological polar surface area (TPSA) is 114 Å². The molecule has 3 aromatic rings. The normalized spacial score (nSPS) is 12.2. The van der Waals surface area contributed by atoms with Crippen LogP contribution in [0.1, 0.15) is 18.1 Å². The molecule has 9 heteroatoms. The fourth-order valence-electron chi connectivity index (χ4n) is 2.91. The van der Waals surface area contributed by atoms with Gasteiger partial charge in [-0.3, -0.25) is 25.0 Å². The lowest BCUT2D eigenvalue weighted by Crippen LogP contribution is -1.93. The Labute approximate surface area is 164 Å². The number of ketones is 1. The number of hydrogen-bond acceptors (Lipinski definition) is 7. The number of nitrogens with one attached hydrogen (secondary N) is 1. The van der Waals surface area contributed by atoms with E-state index in [1.807, 2.05) is 30.5 Å². The van der Waals surface area contributed by atoms with E-state index in [1.54, 1.807) is 6.07 Å². The maximum atomic E-state index is 11.4. The number of nitro groups is 1. The summed E-state index contributed by atoms with van der Waals surface area (Å²) >= 11 is 1.22. The van der Waals surface area contributed by atoms with Crippen LogP contribution in [0.25, 0.3) is 22.5 Å². The molecule has 8 nitrogen and oxygen atoms in total. The highest BCUT2D eigenvalue weighted by Crippen LogP contribution is 2.32. The lowest BCUT2D eigenvalue weighted by molar-refractivity contribution is -0.384. The van der Waals surface area contributed by atoms with Gasteiger partial charge in [-0.15, -0.1) is 5.10 Å². The van der Waals surface area contributed by atoms with Gasteiger partial charge in [-0.1, -0.05) is 23.9 Å². The first-order chi connectivity index (χ1) is 13.5. The molecular formula is C19H15N5O3S. The number of aromatic amines is 1. The standard InChI is InChI=1S/C19H15N5O3S/c1-11(25)10-28-19-21-18(22-23-19)15-5-14(6-17(7-15)24(26)27)12-2-3-13-8-20-9-16(13)4-12/h2-7,9H,8,10H2,1H3,(H,21,22,23). The highest BCUT2D eigenvalue weighted by molar-refractivity contribution is 7.99. The monoisotopic (exact) mass is 393 g/mol. The molecule has 0 fully saturated rings. The second-order valence-electron chi connectivity index (χ2n) is 6.37. The van der Waals surface area contributed by atoms with Crippen molar-refractivity contribution in [2.24, 2.45) is 4.99 Å². The third-order valence-electron chi connectivity index (χ3n) is 4.24. The van der Waals surface area contributed by atoms with E-state index in [1.165, 1.54) is 24.8 Å². The molecule has 0 bridgehead atoms. The number of rotatable bonds is 6. The smallest absolute Gasteiger partial charge is 0.270 e. The van der Waals surface area contributed by atoms with Crippen molar-refractivity contribution in [2.45, 2.75) is 18.6 Å². The Bertz CT molecular complexity index is 1120. The molecule has 1 aliphatic heterocycles. The Hall–Kier alpha value is -3.33. The second-order valence-corrected chi connectivity index (χ2v) is 7.31. The summed E-state index contributed by atoms with van der Waals surface area (Å²) in [6.07, 6.45) is 1.81. The molecule has 1 N–H and O–H groups in total. The van der Waals surface area contributed by atoms with Gasteiger partial charge < -0.3 is 0 Å². The van der Waals surface area contributed by atoms with Crippen LogP contribution in [0, 0.1) is 10.1 Å². The molecule has 0 amide bonds. The molecule has 2 heterocycles. The van der Waals surface area contributed by atoms with E-state index in [0.717, 1.165) is 16.7 Å². The molecule has 4 rings (SSSR count). The summed E-state index contributed by atoms with van der Waals surface area (Å²) in [5.41, 5.74) is 4.26. The first-order valence-electron chi connectivity index (χ1n) is 8.47. The van der Waals surface area contributed by atoms with E-state index >= 15 is 0 Å². The number of non-ortho nitro benzene ring substituents is 1. The molecular weight excluding hydrogens is 378 g/mol. The van der Waals surface area contributed by atoms with E-state index in [0.29, 0.717) is 28.7 Å². The number of H-pyrrole nitrogens is 1. The molecule has 0 aliphatic carbocycles. The van der Waals surface area contributed by atoms with Gasteiger partial charge in [0.1, 0.15) is 5.78 Å². The van der Waals surface area contributed by atoms with Gasteiger partial charge in [0.25, 0.3) is 5.69 Å². The molecule has 0 unspecified atom stereocenters. The summed E-state index contributed by atoms with van der Waals surface area (Å²) < 4.78 is 0. The van der Waals surface area contributed by atoms with Gasteiger partial charge in [-0.25, -0.2) is 4.98 Å². The van der Waals surface area contributed by atoms with Gasteiger partial charge in [0.05, 0.1) is 17.2 Å². The summed E-state index contributed by atoms with van der Waals surface area (Å²) in [5, 5.41) is 18.7. The number of aromatic nitrogens is 3. The molecule has 1 aliphatic rings. The Kier molecular flexibility index (Phi) is 4.74. The minimum absolute atomic E-state index is 0.0223. The molecule has 140 valence electrons.